The first-order valence-corrected chi connectivity index (χ1v) is 9.49. The van der Waals surface area contributed by atoms with E-state index >= 15 is 0 Å². The van der Waals surface area contributed by atoms with Crippen LogP contribution in [-0.4, -0.2) is 15.1 Å². The first kappa shape index (κ1) is 19.2. The Morgan fingerprint density at radius 3 is 2.13 bits per heavy atom. The lowest BCUT2D eigenvalue weighted by Gasteiger charge is -2.25. The lowest BCUT2D eigenvalue weighted by Crippen LogP contribution is -2.41. The zero-order chi connectivity index (χ0) is 17.0. The second-order valence-electron chi connectivity index (χ2n) is 4.47. The van der Waals surface area contributed by atoms with Crippen molar-refractivity contribution in [1.82, 2.24) is 5.32 Å². The molecule has 23 heavy (non-hydrogen) atoms. The molecule has 8 heteroatoms. The lowest BCUT2D eigenvalue weighted by molar-refractivity contribution is 0.0950. The molecule has 0 aliphatic heterocycles. The summed E-state index contributed by atoms with van der Waals surface area (Å²) in [5.74, 6) is -0.324. The molecule has 2 aromatic carbocycles. The van der Waals surface area contributed by atoms with Crippen molar-refractivity contribution in [3.8, 4) is 0 Å². The molecule has 0 fully saturated rings. The van der Waals surface area contributed by atoms with E-state index < -0.39 is 9.17 Å². The maximum atomic E-state index is 12.3. The average Bonchev–Trinajstić information content (AvgIpc) is 2.48. The summed E-state index contributed by atoms with van der Waals surface area (Å²) in [6.07, 6.45) is 0. The van der Waals surface area contributed by atoms with Crippen molar-refractivity contribution in [1.29, 1.82) is 0 Å². The summed E-state index contributed by atoms with van der Waals surface area (Å²) in [5, 5.41) is 2.59. The third-order valence-corrected chi connectivity index (χ3v) is 5.81. The van der Waals surface area contributed by atoms with Crippen LogP contribution < -0.4 is 5.32 Å². The molecule has 0 heterocycles. The number of rotatable bonds is 4. The van der Waals surface area contributed by atoms with E-state index in [-0.39, 0.29) is 5.91 Å². The van der Waals surface area contributed by atoms with Gasteiger partial charge in [-0.05, 0) is 48.5 Å². The second-order valence-corrected chi connectivity index (χ2v) is 9.37. The number of carbonyl (C=O) groups is 1. The SMILES string of the molecule is O=C(N[C@H](Sc1ccc(Cl)cc1)C(Cl)(Cl)Cl)c1ccc(Br)cc1. The highest BCUT2D eigenvalue weighted by Crippen LogP contribution is 2.39. The van der Waals surface area contributed by atoms with Crippen LogP contribution in [0.2, 0.25) is 5.02 Å². The van der Waals surface area contributed by atoms with Crippen LogP contribution in [0.3, 0.4) is 0 Å². The van der Waals surface area contributed by atoms with Gasteiger partial charge in [-0.1, -0.05) is 74.1 Å². The molecule has 0 spiro atoms. The van der Waals surface area contributed by atoms with Crippen LogP contribution in [0.1, 0.15) is 10.4 Å². The summed E-state index contributed by atoms with van der Waals surface area (Å²) in [5.41, 5.74) is 0.476. The largest absolute Gasteiger partial charge is 0.336 e. The zero-order valence-corrected chi connectivity index (χ0v) is 16.8. The molecule has 2 rings (SSSR count). The van der Waals surface area contributed by atoms with Crippen molar-refractivity contribution in [2.45, 2.75) is 14.1 Å². The molecule has 1 atom stereocenters. The summed E-state index contributed by atoms with van der Waals surface area (Å²) < 4.78 is -0.794. The lowest BCUT2D eigenvalue weighted by atomic mass is 10.2. The summed E-state index contributed by atoms with van der Waals surface area (Å²) in [6.45, 7) is 0. The molecule has 0 unspecified atom stereocenters. The van der Waals surface area contributed by atoms with Crippen molar-refractivity contribution in [3.05, 3.63) is 63.6 Å². The summed E-state index contributed by atoms with van der Waals surface area (Å²) >= 11 is 28.4. The van der Waals surface area contributed by atoms with Crippen molar-refractivity contribution < 1.29 is 4.79 Å². The summed E-state index contributed by atoms with van der Waals surface area (Å²) in [6, 6.07) is 14.0. The van der Waals surface area contributed by atoms with Gasteiger partial charge in [0.05, 0.1) is 0 Å². The smallest absolute Gasteiger partial charge is 0.252 e. The Morgan fingerprint density at radius 1 is 1.04 bits per heavy atom. The van der Waals surface area contributed by atoms with Crippen molar-refractivity contribution in [2.75, 3.05) is 0 Å². The fraction of sp³-hybridized carbons (Fsp3) is 0.133. The van der Waals surface area contributed by atoms with Gasteiger partial charge in [0.25, 0.3) is 5.91 Å². The van der Waals surface area contributed by atoms with E-state index in [0.29, 0.717) is 10.6 Å². The number of carbonyl (C=O) groups excluding carboxylic acids is 1. The Bertz CT molecular complexity index is 673. The Kier molecular flexibility index (Phi) is 6.96. The van der Waals surface area contributed by atoms with E-state index in [1.54, 1.807) is 48.5 Å². The molecule has 2 aromatic rings. The van der Waals surface area contributed by atoms with Gasteiger partial charge < -0.3 is 5.32 Å². The van der Waals surface area contributed by atoms with Crippen LogP contribution in [-0.2, 0) is 0 Å². The fourth-order valence-electron chi connectivity index (χ4n) is 1.63. The van der Waals surface area contributed by atoms with Crippen LogP contribution in [0.5, 0.6) is 0 Å². The van der Waals surface area contributed by atoms with Crippen LogP contribution in [0.25, 0.3) is 0 Å². The van der Waals surface area contributed by atoms with E-state index in [2.05, 4.69) is 21.2 Å². The third kappa shape index (κ3) is 6.04. The summed E-state index contributed by atoms with van der Waals surface area (Å²) in [4.78, 5) is 13.1. The number of thioether (sulfide) groups is 1. The highest BCUT2D eigenvalue weighted by Gasteiger charge is 2.35. The van der Waals surface area contributed by atoms with Gasteiger partial charge in [-0.25, -0.2) is 0 Å². The van der Waals surface area contributed by atoms with Crippen LogP contribution in [0.4, 0.5) is 0 Å². The van der Waals surface area contributed by atoms with E-state index in [1.165, 1.54) is 11.8 Å². The maximum Gasteiger partial charge on any atom is 0.252 e. The number of hydrogen-bond donors (Lipinski definition) is 1. The number of amides is 1. The van der Waals surface area contributed by atoms with Gasteiger partial charge in [-0.15, -0.1) is 0 Å². The first-order valence-electron chi connectivity index (χ1n) is 6.31. The minimum Gasteiger partial charge on any atom is -0.336 e. The normalized spacial score (nSPS) is 12.7. The van der Waals surface area contributed by atoms with Gasteiger partial charge in [0.2, 0.25) is 3.79 Å². The van der Waals surface area contributed by atoms with Gasteiger partial charge in [-0.2, -0.15) is 0 Å². The van der Waals surface area contributed by atoms with E-state index in [1.807, 2.05) is 0 Å². The van der Waals surface area contributed by atoms with Crippen molar-refractivity contribution >= 4 is 80.0 Å². The van der Waals surface area contributed by atoms with Crippen LogP contribution in [0, 0.1) is 0 Å². The molecule has 0 saturated carbocycles. The molecule has 1 amide bonds. The van der Waals surface area contributed by atoms with Crippen LogP contribution in [0.15, 0.2) is 57.9 Å². The van der Waals surface area contributed by atoms with Gasteiger partial charge in [0.15, 0.2) is 0 Å². The number of nitrogens with one attached hydrogen (secondary N) is 1. The molecule has 0 aliphatic rings. The molecule has 122 valence electrons. The van der Waals surface area contributed by atoms with Gasteiger partial charge in [0.1, 0.15) is 5.37 Å². The predicted octanol–water partition coefficient (Wildman–Crippen LogP) is 6.32. The van der Waals surface area contributed by atoms with Gasteiger partial charge in [-0.3, -0.25) is 4.79 Å². The monoisotopic (exact) mass is 471 g/mol. The third-order valence-electron chi connectivity index (χ3n) is 2.73. The van der Waals surface area contributed by atoms with Gasteiger partial charge >= 0.3 is 0 Å². The Labute approximate surface area is 166 Å². The van der Waals surface area contributed by atoms with E-state index in [4.69, 9.17) is 46.4 Å². The molecule has 0 saturated heterocycles. The number of halogens is 5. The van der Waals surface area contributed by atoms with Gasteiger partial charge in [0, 0.05) is 20.0 Å². The molecular weight excluding hydrogens is 464 g/mol. The van der Waals surface area contributed by atoms with E-state index in [9.17, 15) is 4.79 Å². The number of alkyl halides is 3. The maximum absolute atomic E-state index is 12.3. The fourth-order valence-corrected chi connectivity index (χ4v) is 3.45. The Hall–Kier alpha value is -0.100. The zero-order valence-electron chi connectivity index (χ0n) is 11.4. The summed E-state index contributed by atoms with van der Waals surface area (Å²) in [7, 11) is 0. The standard InChI is InChI=1S/C15H10BrCl4NOS/c16-10-3-1-9(2-4-10)13(22)21-14(15(18,19)20)23-12-7-5-11(17)6-8-12/h1-8,14H,(H,21,22)/t14-/m1/s1. The molecule has 2 nitrogen and oxygen atoms in total. The first-order chi connectivity index (χ1) is 10.8. The number of hydrogen-bond acceptors (Lipinski definition) is 2. The van der Waals surface area contributed by atoms with Crippen molar-refractivity contribution in [2.24, 2.45) is 0 Å². The molecule has 0 aromatic heterocycles. The second kappa shape index (κ2) is 8.32. The molecule has 1 N–H and O–H groups in total. The Balaban J connectivity index is 2.14. The quantitative estimate of drug-likeness (QED) is 0.320. The number of benzene rings is 2. The predicted molar refractivity (Wildman–Crippen MR) is 103 cm³/mol. The molecular formula is C15H10BrCl4NOS. The minimum absolute atomic E-state index is 0.324. The highest BCUT2D eigenvalue weighted by atomic mass is 79.9. The molecule has 0 radical (unpaired) electrons. The molecule has 0 aliphatic carbocycles. The topological polar surface area (TPSA) is 29.1 Å². The van der Waals surface area contributed by atoms with Crippen LogP contribution >= 0.6 is 74.1 Å². The van der Waals surface area contributed by atoms with E-state index in [0.717, 1.165) is 9.37 Å². The Morgan fingerprint density at radius 2 is 1.61 bits per heavy atom. The molecule has 0 bridgehead atoms. The van der Waals surface area contributed by atoms with Crippen molar-refractivity contribution in [3.63, 3.8) is 0 Å². The minimum atomic E-state index is -1.67. The highest BCUT2D eigenvalue weighted by molar-refractivity contribution is 9.10. The average molecular weight is 474 g/mol.